The molecule has 0 saturated heterocycles. The molecular formula is C13H19NS. The number of allylic oxidation sites excluding steroid dienone is 1. The second-order valence-corrected chi connectivity index (χ2v) is 5.14. The van der Waals surface area contributed by atoms with Gasteiger partial charge in [-0.15, -0.1) is 11.3 Å². The minimum Gasteiger partial charge on any atom is -0.314 e. The molecule has 1 nitrogen and oxygen atoms in total. The smallest absolute Gasteiger partial charge is 0.00683 e. The summed E-state index contributed by atoms with van der Waals surface area (Å²) in [7, 11) is 0. The molecule has 0 spiro atoms. The molecule has 82 valence electrons. The number of rotatable bonds is 7. The van der Waals surface area contributed by atoms with Gasteiger partial charge in [0.05, 0.1) is 0 Å². The van der Waals surface area contributed by atoms with E-state index in [0.717, 1.165) is 12.6 Å². The van der Waals surface area contributed by atoms with Crippen LogP contribution in [-0.2, 0) is 6.42 Å². The van der Waals surface area contributed by atoms with E-state index in [4.69, 9.17) is 0 Å². The van der Waals surface area contributed by atoms with Crippen molar-refractivity contribution in [3.8, 4) is 0 Å². The Morgan fingerprint density at radius 3 is 2.93 bits per heavy atom. The number of hydrogen-bond acceptors (Lipinski definition) is 2. The lowest BCUT2D eigenvalue weighted by Gasteiger charge is -1.97. The summed E-state index contributed by atoms with van der Waals surface area (Å²) in [6, 6.07) is 5.20. The van der Waals surface area contributed by atoms with Crippen LogP contribution in [0, 0.1) is 0 Å². The highest BCUT2D eigenvalue weighted by Crippen LogP contribution is 2.18. The number of aryl methyl sites for hydroxylation is 1. The van der Waals surface area contributed by atoms with Crippen LogP contribution in [0.15, 0.2) is 29.7 Å². The molecule has 1 fully saturated rings. The fourth-order valence-corrected chi connectivity index (χ4v) is 2.30. The van der Waals surface area contributed by atoms with Crippen molar-refractivity contribution >= 4 is 11.3 Å². The van der Waals surface area contributed by atoms with Crippen LogP contribution in [0.3, 0.4) is 0 Å². The number of nitrogens with one attached hydrogen (secondary N) is 1. The first-order chi connectivity index (χ1) is 7.45. The largest absolute Gasteiger partial charge is 0.314 e. The fraction of sp³-hybridized carbons (Fsp3) is 0.538. The van der Waals surface area contributed by atoms with Gasteiger partial charge in [-0.3, -0.25) is 0 Å². The molecule has 1 aromatic heterocycles. The molecule has 0 unspecified atom stereocenters. The highest BCUT2D eigenvalue weighted by atomic mass is 32.1. The maximum Gasteiger partial charge on any atom is 0.00683 e. The fourth-order valence-electron chi connectivity index (χ4n) is 1.57. The normalized spacial score (nSPS) is 16.3. The van der Waals surface area contributed by atoms with Gasteiger partial charge in [0.15, 0.2) is 0 Å². The van der Waals surface area contributed by atoms with Crippen molar-refractivity contribution in [2.75, 3.05) is 6.54 Å². The Morgan fingerprint density at radius 2 is 2.20 bits per heavy atom. The van der Waals surface area contributed by atoms with Crippen molar-refractivity contribution in [2.24, 2.45) is 0 Å². The Hall–Kier alpha value is -0.600. The van der Waals surface area contributed by atoms with Gasteiger partial charge in [0.2, 0.25) is 0 Å². The van der Waals surface area contributed by atoms with Gasteiger partial charge in [0, 0.05) is 10.9 Å². The highest BCUT2D eigenvalue weighted by Gasteiger charge is 2.19. The van der Waals surface area contributed by atoms with Crippen LogP contribution in [0.2, 0.25) is 0 Å². The summed E-state index contributed by atoms with van der Waals surface area (Å²) in [6.07, 6.45) is 11.0. The zero-order valence-electron chi connectivity index (χ0n) is 9.11. The Bertz CT molecular complexity index is 285. The van der Waals surface area contributed by atoms with E-state index < -0.39 is 0 Å². The van der Waals surface area contributed by atoms with Crippen LogP contribution in [0.25, 0.3) is 0 Å². The third-order valence-corrected chi connectivity index (χ3v) is 3.56. The molecule has 15 heavy (non-hydrogen) atoms. The monoisotopic (exact) mass is 221 g/mol. The summed E-state index contributed by atoms with van der Waals surface area (Å²) in [4.78, 5) is 1.50. The zero-order chi connectivity index (χ0) is 10.3. The second kappa shape index (κ2) is 6.09. The lowest BCUT2D eigenvalue weighted by molar-refractivity contribution is 0.689. The summed E-state index contributed by atoms with van der Waals surface area (Å²) < 4.78 is 0. The van der Waals surface area contributed by atoms with Gasteiger partial charge < -0.3 is 5.32 Å². The Balaban J connectivity index is 1.47. The van der Waals surface area contributed by atoms with Gasteiger partial charge in [-0.25, -0.2) is 0 Å². The highest BCUT2D eigenvalue weighted by molar-refractivity contribution is 7.09. The molecular weight excluding hydrogens is 202 g/mol. The summed E-state index contributed by atoms with van der Waals surface area (Å²) in [5.74, 6) is 0. The quantitative estimate of drug-likeness (QED) is 0.550. The van der Waals surface area contributed by atoms with E-state index in [0.29, 0.717) is 0 Å². The van der Waals surface area contributed by atoms with Crippen molar-refractivity contribution in [3.63, 3.8) is 0 Å². The lowest BCUT2D eigenvalue weighted by Crippen LogP contribution is -2.16. The maximum absolute atomic E-state index is 3.51. The van der Waals surface area contributed by atoms with E-state index in [1.807, 2.05) is 11.3 Å². The minimum atomic E-state index is 0.851. The van der Waals surface area contributed by atoms with E-state index >= 15 is 0 Å². The van der Waals surface area contributed by atoms with E-state index in [9.17, 15) is 0 Å². The molecule has 1 aromatic rings. The molecule has 0 atom stereocenters. The molecule has 0 aromatic carbocycles. The van der Waals surface area contributed by atoms with Crippen molar-refractivity contribution < 1.29 is 0 Å². The van der Waals surface area contributed by atoms with Crippen molar-refractivity contribution in [3.05, 3.63) is 34.5 Å². The molecule has 1 saturated carbocycles. The molecule has 1 aliphatic rings. The summed E-state index contributed by atoms with van der Waals surface area (Å²) >= 11 is 1.86. The Kier molecular flexibility index (Phi) is 4.42. The first-order valence-electron chi connectivity index (χ1n) is 5.86. The molecule has 1 heterocycles. The van der Waals surface area contributed by atoms with Gasteiger partial charge in [0.25, 0.3) is 0 Å². The van der Waals surface area contributed by atoms with Crippen LogP contribution >= 0.6 is 11.3 Å². The van der Waals surface area contributed by atoms with E-state index in [1.165, 1.54) is 37.0 Å². The molecule has 2 heteroatoms. The topological polar surface area (TPSA) is 12.0 Å². The average Bonchev–Trinajstić information content (AvgIpc) is 2.92. The van der Waals surface area contributed by atoms with Crippen LogP contribution in [0.5, 0.6) is 0 Å². The second-order valence-electron chi connectivity index (χ2n) is 4.11. The van der Waals surface area contributed by atoms with E-state index in [1.54, 1.807) is 0 Å². The third kappa shape index (κ3) is 4.63. The third-order valence-electron chi connectivity index (χ3n) is 2.63. The number of thiophene rings is 1. The predicted octanol–water partition coefficient (Wildman–Crippen LogP) is 3.38. The first kappa shape index (κ1) is 10.9. The standard InChI is InChI=1S/C13H19NS/c1(2-4-10-14-12-8-9-12)3-6-13-7-5-11-15-13/h1-2,5,7,11-12,14H,3-4,6,8-10H2. The molecule has 0 amide bonds. The van der Waals surface area contributed by atoms with Gasteiger partial charge in [-0.2, -0.15) is 0 Å². The molecule has 0 bridgehead atoms. The molecule has 2 rings (SSSR count). The van der Waals surface area contributed by atoms with Crippen LogP contribution < -0.4 is 5.32 Å². The average molecular weight is 221 g/mol. The first-order valence-corrected chi connectivity index (χ1v) is 6.74. The summed E-state index contributed by atoms with van der Waals surface area (Å²) in [6.45, 7) is 1.15. The van der Waals surface area contributed by atoms with Gasteiger partial charge >= 0.3 is 0 Å². The number of hydrogen-bond donors (Lipinski definition) is 1. The lowest BCUT2D eigenvalue weighted by atomic mass is 10.2. The van der Waals surface area contributed by atoms with Crippen LogP contribution in [0.4, 0.5) is 0 Å². The Morgan fingerprint density at radius 1 is 1.33 bits per heavy atom. The maximum atomic E-state index is 3.51. The zero-order valence-corrected chi connectivity index (χ0v) is 9.93. The van der Waals surface area contributed by atoms with Crippen molar-refractivity contribution in [1.82, 2.24) is 5.32 Å². The van der Waals surface area contributed by atoms with Crippen LogP contribution in [0.1, 0.15) is 30.6 Å². The van der Waals surface area contributed by atoms with Gasteiger partial charge in [-0.05, 0) is 50.1 Å². The Labute approximate surface area is 96.2 Å². The van der Waals surface area contributed by atoms with E-state index in [-0.39, 0.29) is 0 Å². The summed E-state index contributed by atoms with van der Waals surface area (Å²) in [5, 5.41) is 5.66. The van der Waals surface area contributed by atoms with E-state index in [2.05, 4.69) is 35.0 Å². The molecule has 0 radical (unpaired) electrons. The van der Waals surface area contributed by atoms with Crippen LogP contribution in [-0.4, -0.2) is 12.6 Å². The summed E-state index contributed by atoms with van der Waals surface area (Å²) in [5.41, 5.74) is 0. The molecule has 1 N–H and O–H groups in total. The minimum absolute atomic E-state index is 0.851. The van der Waals surface area contributed by atoms with Crippen molar-refractivity contribution in [2.45, 2.75) is 38.1 Å². The molecule has 0 aliphatic heterocycles. The van der Waals surface area contributed by atoms with Gasteiger partial charge in [-0.1, -0.05) is 18.2 Å². The predicted molar refractivity (Wildman–Crippen MR) is 67.4 cm³/mol. The van der Waals surface area contributed by atoms with Gasteiger partial charge in [0.1, 0.15) is 0 Å². The van der Waals surface area contributed by atoms with Crippen molar-refractivity contribution in [1.29, 1.82) is 0 Å². The molecule has 1 aliphatic carbocycles. The SMILES string of the molecule is C(=CCCc1cccs1)CCNC1CC1.